The first-order chi connectivity index (χ1) is 10.7. The second-order valence-corrected chi connectivity index (χ2v) is 4.54. The number of hydrogen-bond donors (Lipinski definition) is 1. The first-order valence-corrected chi connectivity index (χ1v) is 6.68. The molecular weight excluding hydrogens is 282 g/mol. The summed E-state index contributed by atoms with van der Waals surface area (Å²) >= 11 is 0. The van der Waals surface area contributed by atoms with Crippen molar-refractivity contribution in [3.8, 4) is 17.6 Å². The Morgan fingerprint density at radius 2 is 2.00 bits per heavy atom. The zero-order valence-electron chi connectivity index (χ0n) is 12.1. The van der Waals surface area contributed by atoms with Gasteiger partial charge in [-0.05, 0) is 29.8 Å². The van der Waals surface area contributed by atoms with Gasteiger partial charge in [-0.2, -0.15) is 5.26 Å². The Morgan fingerprint density at radius 3 is 2.68 bits per heavy atom. The second-order valence-electron chi connectivity index (χ2n) is 4.54. The molecule has 0 heterocycles. The molecule has 1 N–H and O–H groups in total. The van der Waals surface area contributed by atoms with Gasteiger partial charge in [0, 0.05) is 6.42 Å². The van der Waals surface area contributed by atoms with E-state index in [-0.39, 0.29) is 5.56 Å². The summed E-state index contributed by atoms with van der Waals surface area (Å²) in [6.07, 6.45) is 0.546. The van der Waals surface area contributed by atoms with Gasteiger partial charge in [-0.15, -0.1) is 0 Å². The van der Waals surface area contributed by atoms with Crippen molar-refractivity contribution in [2.75, 3.05) is 13.7 Å². The fraction of sp³-hybridized carbons (Fsp3) is 0.176. The maximum Gasteiger partial charge on any atom is 0.335 e. The molecule has 0 saturated carbocycles. The number of benzene rings is 2. The molecule has 2 rings (SSSR count). The molecule has 0 aliphatic carbocycles. The maximum atomic E-state index is 11.0. The van der Waals surface area contributed by atoms with Crippen LogP contribution >= 0.6 is 0 Å². The van der Waals surface area contributed by atoms with Gasteiger partial charge in [-0.3, -0.25) is 0 Å². The van der Waals surface area contributed by atoms with Gasteiger partial charge in [-0.1, -0.05) is 18.2 Å². The van der Waals surface area contributed by atoms with Crippen LogP contribution in [-0.2, 0) is 6.42 Å². The molecule has 2 aromatic carbocycles. The normalized spacial score (nSPS) is 9.82. The van der Waals surface area contributed by atoms with E-state index >= 15 is 0 Å². The number of aromatic carboxylic acids is 1. The lowest BCUT2D eigenvalue weighted by atomic mass is 10.1. The predicted molar refractivity (Wildman–Crippen MR) is 80.3 cm³/mol. The van der Waals surface area contributed by atoms with Crippen LogP contribution in [0.5, 0.6) is 11.5 Å². The van der Waals surface area contributed by atoms with Gasteiger partial charge >= 0.3 is 5.97 Å². The minimum absolute atomic E-state index is 0.133. The van der Waals surface area contributed by atoms with E-state index in [0.29, 0.717) is 30.1 Å². The Balaban J connectivity index is 2.09. The highest BCUT2D eigenvalue weighted by molar-refractivity contribution is 5.88. The second kappa shape index (κ2) is 7.14. The molecule has 0 spiro atoms. The number of carboxylic acid groups (broad SMARTS) is 1. The van der Waals surface area contributed by atoms with Gasteiger partial charge in [0.05, 0.1) is 30.9 Å². The Morgan fingerprint density at radius 1 is 1.23 bits per heavy atom. The van der Waals surface area contributed by atoms with E-state index in [1.165, 1.54) is 19.2 Å². The topological polar surface area (TPSA) is 79.6 Å². The molecule has 0 amide bonds. The summed E-state index contributed by atoms with van der Waals surface area (Å²) in [7, 11) is 1.49. The molecule has 0 saturated heterocycles. The van der Waals surface area contributed by atoms with Crippen LogP contribution in [0.4, 0.5) is 0 Å². The molecule has 22 heavy (non-hydrogen) atoms. The third-order valence-electron chi connectivity index (χ3n) is 3.18. The third-order valence-corrected chi connectivity index (χ3v) is 3.18. The first-order valence-electron chi connectivity index (χ1n) is 6.68. The van der Waals surface area contributed by atoms with Crippen LogP contribution in [0.1, 0.15) is 21.5 Å². The molecule has 0 aliphatic rings. The predicted octanol–water partition coefficient (Wildman–Crippen LogP) is 2.89. The highest BCUT2D eigenvalue weighted by Crippen LogP contribution is 2.28. The molecule has 2 aromatic rings. The molecule has 5 heteroatoms. The molecule has 0 radical (unpaired) electrons. The largest absolute Gasteiger partial charge is 0.493 e. The number of carboxylic acids is 1. The lowest BCUT2D eigenvalue weighted by Gasteiger charge is -2.11. The number of nitriles is 1. The van der Waals surface area contributed by atoms with Crippen LogP contribution < -0.4 is 9.47 Å². The van der Waals surface area contributed by atoms with E-state index in [1.54, 1.807) is 12.1 Å². The van der Waals surface area contributed by atoms with E-state index in [4.69, 9.17) is 19.8 Å². The first kappa shape index (κ1) is 15.4. The number of hydrogen-bond acceptors (Lipinski definition) is 4. The zero-order valence-corrected chi connectivity index (χ0v) is 12.1. The molecule has 0 atom stereocenters. The van der Waals surface area contributed by atoms with Crippen LogP contribution in [0, 0.1) is 11.3 Å². The highest BCUT2D eigenvalue weighted by atomic mass is 16.5. The number of nitrogens with zero attached hydrogens (tertiary/aromatic N) is 1. The summed E-state index contributed by atoms with van der Waals surface area (Å²) in [6, 6.07) is 13.9. The smallest absolute Gasteiger partial charge is 0.335 e. The Labute approximate surface area is 128 Å². The average Bonchev–Trinajstić information content (AvgIpc) is 2.55. The Bertz CT molecular complexity index is 719. The van der Waals surface area contributed by atoms with Gasteiger partial charge in [-0.25, -0.2) is 4.79 Å². The average molecular weight is 297 g/mol. The van der Waals surface area contributed by atoms with E-state index in [2.05, 4.69) is 6.07 Å². The van der Waals surface area contributed by atoms with Gasteiger partial charge in [0.2, 0.25) is 0 Å². The summed E-state index contributed by atoms with van der Waals surface area (Å²) in [5, 5.41) is 18.1. The number of methoxy groups -OCH3 is 1. The summed E-state index contributed by atoms with van der Waals surface area (Å²) in [4.78, 5) is 11.0. The number of carbonyl (C=O) groups is 1. The fourth-order valence-corrected chi connectivity index (χ4v) is 2.04. The molecule has 0 fully saturated rings. The highest BCUT2D eigenvalue weighted by Gasteiger charge is 2.10. The number of rotatable bonds is 6. The van der Waals surface area contributed by atoms with Crippen molar-refractivity contribution >= 4 is 5.97 Å². The van der Waals surface area contributed by atoms with Crippen molar-refractivity contribution in [1.82, 2.24) is 0 Å². The van der Waals surface area contributed by atoms with Gasteiger partial charge in [0.15, 0.2) is 11.5 Å². The molecule has 0 aliphatic heterocycles. The monoisotopic (exact) mass is 297 g/mol. The summed E-state index contributed by atoms with van der Waals surface area (Å²) in [6.45, 7) is 0.318. The molecule has 5 nitrogen and oxygen atoms in total. The van der Waals surface area contributed by atoms with E-state index in [9.17, 15) is 4.79 Å². The van der Waals surface area contributed by atoms with Crippen LogP contribution in [-0.4, -0.2) is 24.8 Å². The van der Waals surface area contributed by atoms with E-state index in [1.807, 2.05) is 18.2 Å². The Hall–Kier alpha value is -3.00. The summed E-state index contributed by atoms with van der Waals surface area (Å²) < 4.78 is 10.8. The van der Waals surface area contributed by atoms with Crippen LogP contribution in [0.25, 0.3) is 0 Å². The van der Waals surface area contributed by atoms with Gasteiger partial charge < -0.3 is 14.6 Å². The van der Waals surface area contributed by atoms with Crippen molar-refractivity contribution in [1.29, 1.82) is 5.26 Å². The third kappa shape index (κ3) is 3.55. The van der Waals surface area contributed by atoms with E-state index in [0.717, 1.165) is 5.56 Å². The van der Waals surface area contributed by atoms with Crippen molar-refractivity contribution < 1.29 is 19.4 Å². The molecule has 112 valence electrons. The molecule has 0 aromatic heterocycles. The quantitative estimate of drug-likeness (QED) is 0.886. The van der Waals surface area contributed by atoms with Crippen LogP contribution in [0.2, 0.25) is 0 Å². The SMILES string of the molecule is COc1ccc(C(=O)O)cc1OCCc1ccccc1C#N. The van der Waals surface area contributed by atoms with Gasteiger partial charge in [0.25, 0.3) is 0 Å². The lowest BCUT2D eigenvalue weighted by Crippen LogP contribution is -2.05. The maximum absolute atomic E-state index is 11.0. The van der Waals surface area contributed by atoms with Gasteiger partial charge in [0.1, 0.15) is 0 Å². The fourth-order valence-electron chi connectivity index (χ4n) is 2.04. The molecule has 0 unspecified atom stereocenters. The lowest BCUT2D eigenvalue weighted by molar-refractivity contribution is 0.0696. The minimum Gasteiger partial charge on any atom is -0.493 e. The standard InChI is InChI=1S/C17H15NO4/c1-21-15-7-6-13(17(19)20)10-16(15)22-9-8-12-4-2-3-5-14(12)11-18/h2-7,10H,8-9H2,1H3,(H,19,20). The zero-order chi connectivity index (χ0) is 15.9. The summed E-state index contributed by atoms with van der Waals surface area (Å²) in [5.41, 5.74) is 1.63. The summed E-state index contributed by atoms with van der Waals surface area (Å²) in [5.74, 6) is -0.183. The van der Waals surface area contributed by atoms with Crippen molar-refractivity contribution in [3.63, 3.8) is 0 Å². The van der Waals surface area contributed by atoms with Crippen molar-refractivity contribution in [3.05, 3.63) is 59.2 Å². The molecule has 0 bridgehead atoms. The van der Waals surface area contributed by atoms with Crippen LogP contribution in [0.15, 0.2) is 42.5 Å². The minimum atomic E-state index is -1.03. The Kier molecular flexibility index (Phi) is 4.99. The number of ether oxygens (including phenoxy) is 2. The van der Waals surface area contributed by atoms with Crippen molar-refractivity contribution in [2.24, 2.45) is 0 Å². The van der Waals surface area contributed by atoms with Crippen molar-refractivity contribution in [2.45, 2.75) is 6.42 Å². The molecular formula is C17H15NO4. The van der Waals surface area contributed by atoms with E-state index < -0.39 is 5.97 Å². The van der Waals surface area contributed by atoms with Crippen LogP contribution in [0.3, 0.4) is 0 Å².